The number of nitrogens with zero attached hydrogens (tertiary/aromatic N) is 2. The van der Waals surface area contributed by atoms with Gasteiger partial charge in [0.2, 0.25) is 5.91 Å². The first-order valence-corrected chi connectivity index (χ1v) is 7.66. The average Bonchev–Trinajstić information content (AvgIpc) is 2.46. The Kier molecular flexibility index (Phi) is 5.34. The van der Waals surface area contributed by atoms with E-state index < -0.39 is 4.92 Å². The second-order valence-electron chi connectivity index (χ2n) is 4.80. The van der Waals surface area contributed by atoms with Gasteiger partial charge in [0.1, 0.15) is 6.20 Å². The molecule has 1 fully saturated rings. The molecule has 0 radical (unpaired) electrons. The van der Waals surface area contributed by atoms with Crippen LogP contribution in [0.5, 0.6) is 0 Å². The summed E-state index contributed by atoms with van der Waals surface area (Å²) in [4.78, 5) is 25.8. The number of carbonyl (C=O) groups excluding carboxylic acids is 1. The van der Waals surface area contributed by atoms with E-state index in [2.05, 4.69) is 10.3 Å². The van der Waals surface area contributed by atoms with Crippen LogP contribution in [0.15, 0.2) is 23.4 Å². The predicted molar refractivity (Wildman–Crippen MR) is 76.6 cm³/mol. The third-order valence-electron chi connectivity index (χ3n) is 3.25. The monoisotopic (exact) mass is 295 g/mol. The Morgan fingerprint density at radius 1 is 1.40 bits per heavy atom. The van der Waals surface area contributed by atoms with Crippen LogP contribution in [-0.2, 0) is 4.79 Å². The molecule has 108 valence electrons. The minimum absolute atomic E-state index is 0.00190. The lowest BCUT2D eigenvalue weighted by molar-refractivity contribution is -0.385. The second kappa shape index (κ2) is 7.23. The SMILES string of the molecule is O=C(CSc1ccc([N+](=O)[O-])cn1)NC1CCCCC1. The first kappa shape index (κ1) is 14.8. The summed E-state index contributed by atoms with van der Waals surface area (Å²) < 4.78 is 0. The topological polar surface area (TPSA) is 85.1 Å². The van der Waals surface area contributed by atoms with E-state index in [1.165, 1.54) is 43.3 Å². The minimum atomic E-state index is -0.489. The number of amides is 1. The van der Waals surface area contributed by atoms with Gasteiger partial charge in [-0.1, -0.05) is 31.0 Å². The van der Waals surface area contributed by atoms with Gasteiger partial charge in [-0.05, 0) is 18.9 Å². The van der Waals surface area contributed by atoms with Crippen LogP contribution in [-0.4, -0.2) is 27.6 Å². The molecular weight excluding hydrogens is 278 g/mol. The Bertz CT molecular complexity index is 472. The van der Waals surface area contributed by atoms with Gasteiger partial charge in [0.25, 0.3) is 5.69 Å². The maximum atomic E-state index is 11.8. The standard InChI is InChI=1S/C13H17N3O3S/c17-12(15-10-4-2-1-3-5-10)9-20-13-7-6-11(8-14-13)16(18)19/h6-8,10H,1-5,9H2,(H,15,17). The van der Waals surface area contributed by atoms with Gasteiger partial charge in [-0.3, -0.25) is 14.9 Å². The molecule has 1 heterocycles. The highest BCUT2D eigenvalue weighted by Gasteiger charge is 2.15. The van der Waals surface area contributed by atoms with E-state index in [9.17, 15) is 14.9 Å². The van der Waals surface area contributed by atoms with E-state index in [0.717, 1.165) is 12.8 Å². The van der Waals surface area contributed by atoms with Crippen molar-refractivity contribution in [3.05, 3.63) is 28.4 Å². The Hall–Kier alpha value is -1.63. The van der Waals surface area contributed by atoms with E-state index in [1.54, 1.807) is 6.07 Å². The molecule has 1 aliphatic carbocycles. The van der Waals surface area contributed by atoms with Gasteiger partial charge < -0.3 is 5.32 Å². The van der Waals surface area contributed by atoms with Gasteiger partial charge >= 0.3 is 0 Å². The molecule has 1 N–H and O–H groups in total. The first-order valence-electron chi connectivity index (χ1n) is 6.68. The molecule has 1 aliphatic rings. The fraction of sp³-hybridized carbons (Fsp3) is 0.538. The van der Waals surface area contributed by atoms with E-state index >= 15 is 0 Å². The van der Waals surface area contributed by atoms with Crippen molar-refractivity contribution < 1.29 is 9.72 Å². The van der Waals surface area contributed by atoms with Crippen molar-refractivity contribution >= 4 is 23.4 Å². The van der Waals surface area contributed by atoms with Crippen molar-refractivity contribution in [3.8, 4) is 0 Å². The van der Waals surface area contributed by atoms with Crippen LogP contribution in [0.2, 0.25) is 0 Å². The molecule has 1 saturated carbocycles. The highest BCUT2D eigenvalue weighted by atomic mass is 32.2. The molecule has 0 saturated heterocycles. The minimum Gasteiger partial charge on any atom is -0.353 e. The average molecular weight is 295 g/mol. The van der Waals surface area contributed by atoms with Crippen molar-refractivity contribution in [2.45, 2.75) is 43.2 Å². The van der Waals surface area contributed by atoms with Gasteiger partial charge in [-0.15, -0.1) is 0 Å². The molecular formula is C13H17N3O3S. The van der Waals surface area contributed by atoms with Gasteiger partial charge in [-0.2, -0.15) is 0 Å². The van der Waals surface area contributed by atoms with E-state index in [0.29, 0.717) is 16.8 Å². The molecule has 2 rings (SSSR count). The van der Waals surface area contributed by atoms with Gasteiger partial charge in [0.15, 0.2) is 0 Å². The van der Waals surface area contributed by atoms with Crippen molar-refractivity contribution in [1.82, 2.24) is 10.3 Å². The van der Waals surface area contributed by atoms with E-state index in [-0.39, 0.29) is 11.6 Å². The third kappa shape index (κ3) is 4.48. The second-order valence-corrected chi connectivity index (χ2v) is 5.80. The van der Waals surface area contributed by atoms with Crippen LogP contribution in [0.3, 0.4) is 0 Å². The maximum Gasteiger partial charge on any atom is 0.287 e. The Morgan fingerprint density at radius 3 is 2.75 bits per heavy atom. The van der Waals surface area contributed by atoms with Crippen LogP contribution in [0.1, 0.15) is 32.1 Å². The Morgan fingerprint density at radius 2 is 2.15 bits per heavy atom. The molecule has 1 aromatic rings. The molecule has 1 amide bonds. The summed E-state index contributed by atoms with van der Waals surface area (Å²) in [5.41, 5.74) is -0.0407. The number of thioether (sulfide) groups is 1. The largest absolute Gasteiger partial charge is 0.353 e. The van der Waals surface area contributed by atoms with Crippen molar-refractivity contribution in [2.75, 3.05) is 5.75 Å². The summed E-state index contributed by atoms with van der Waals surface area (Å²) in [6.45, 7) is 0. The van der Waals surface area contributed by atoms with Crippen LogP contribution in [0.25, 0.3) is 0 Å². The summed E-state index contributed by atoms with van der Waals surface area (Å²) in [5.74, 6) is 0.295. The molecule has 0 bridgehead atoms. The highest BCUT2D eigenvalue weighted by molar-refractivity contribution is 7.99. The fourth-order valence-electron chi connectivity index (χ4n) is 2.22. The van der Waals surface area contributed by atoms with Gasteiger partial charge in [-0.25, -0.2) is 4.98 Å². The van der Waals surface area contributed by atoms with E-state index in [4.69, 9.17) is 0 Å². The lowest BCUT2D eigenvalue weighted by Crippen LogP contribution is -2.37. The number of hydrogen-bond acceptors (Lipinski definition) is 5. The number of nitrogens with one attached hydrogen (secondary N) is 1. The summed E-state index contributed by atoms with van der Waals surface area (Å²) >= 11 is 1.29. The zero-order valence-electron chi connectivity index (χ0n) is 11.1. The van der Waals surface area contributed by atoms with Crippen LogP contribution in [0.4, 0.5) is 5.69 Å². The maximum absolute atomic E-state index is 11.8. The summed E-state index contributed by atoms with van der Waals surface area (Å²) in [6.07, 6.45) is 6.96. The smallest absolute Gasteiger partial charge is 0.287 e. The summed E-state index contributed by atoms with van der Waals surface area (Å²) in [7, 11) is 0. The number of aromatic nitrogens is 1. The first-order chi connectivity index (χ1) is 9.65. The van der Waals surface area contributed by atoms with Gasteiger partial charge in [0.05, 0.1) is 15.7 Å². The number of rotatable bonds is 5. The van der Waals surface area contributed by atoms with Crippen LogP contribution < -0.4 is 5.32 Å². The van der Waals surface area contributed by atoms with Gasteiger partial charge in [0, 0.05) is 12.1 Å². The van der Waals surface area contributed by atoms with Crippen LogP contribution in [0, 0.1) is 10.1 Å². The summed E-state index contributed by atoms with van der Waals surface area (Å²) in [6, 6.07) is 3.27. The third-order valence-corrected chi connectivity index (χ3v) is 4.20. The van der Waals surface area contributed by atoms with Crippen molar-refractivity contribution in [2.24, 2.45) is 0 Å². The van der Waals surface area contributed by atoms with Crippen molar-refractivity contribution in [3.63, 3.8) is 0 Å². The zero-order chi connectivity index (χ0) is 14.4. The predicted octanol–water partition coefficient (Wildman–Crippen LogP) is 2.53. The lowest BCUT2D eigenvalue weighted by Gasteiger charge is -2.22. The molecule has 7 heteroatoms. The molecule has 0 spiro atoms. The molecule has 0 atom stereocenters. The summed E-state index contributed by atoms with van der Waals surface area (Å²) in [5, 5.41) is 14.1. The molecule has 20 heavy (non-hydrogen) atoms. The molecule has 6 nitrogen and oxygen atoms in total. The fourth-order valence-corrected chi connectivity index (χ4v) is 2.88. The lowest BCUT2D eigenvalue weighted by atomic mass is 9.95. The molecule has 0 aliphatic heterocycles. The number of hydrogen-bond donors (Lipinski definition) is 1. The highest BCUT2D eigenvalue weighted by Crippen LogP contribution is 2.19. The Labute approximate surface area is 121 Å². The van der Waals surface area contributed by atoms with Crippen molar-refractivity contribution in [1.29, 1.82) is 0 Å². The molecule has 0 unspecified atom stereocenters. The number of nitro groups is 1. The van der Waals surface area contributed by atoms with Crippen LogP contribution >= 0.6 is 11.8 Å². The molecule has 0 aromatic carbocycles. The quantitative estimate of drug-likeness (QED) is 0.512. The normalized spacial score (nSPS) is 15.8. The van der Waals surface area contributed by atoms with E-state index in [1.807, 2.05) is 0 Å². The number of carbonyl (C=O) groups is 1. The number of pyridine rings is 1. The zero-order valence-corrected chi connectivity index (χ0v) is 11.9. The molecule has 1 aromatic heterocycles. The Balaban J connectivity index is 1.76.